The fraction of sp³-hybridized carbons (Fsp3) is 0.400. The molecular formula is C15H18N4O2. The van der Waals surface area contributed by atoms with E-state index in [0.717, 1.165) is 18.6 Å². The minimum absolute atomic E-state index is 0.113. The smallest absolute Gasteiger partial charge is 0.293 e. The van der Waals surface area contributed by atoms with E-state index < -0.39 is 0 Å². The first-order chi connectivity index (χ1) is 10.2. The van der Waals surface area contributed by atoms with Crippen molar-refractivity contribution >= 4 is 5.91 Å². The molecule has 1 saturated heterocycles. The zero-order chi connectivity index (χ0) is 14.7. The number of amides is 1. The second-order valence-electron chi connectivity index (χ2n) is 5.17. The van der Waals surface area contributed by atoms with Gasteiger partial charge < -0.3 is 9.64 Å². The number of para-hydroxylation sites is 1. The van der Waals surface area contributed by atoms with Crippen LogP contribution in [0.25, 0.3) is 0 Å². The van der Waals surface area contributed by atoms with E-state index in [2.05, 4.69) is 15.2 Å². The van der Waals surface area contributed by atoms with Crippen LogP contribution < -0.4 is 4.74 Å². The van der Waals surface area contributed by atoms with Crippen molar-refractivity contribution in [3.05, 3.63) is 42.0 Å². The molecule has 6 nitrogen and oxygen atoms in total. The van der Waals surface area contributed by atoms with Crippen LogP contribution in [0.3, 0.4) is 0 Å². The number of carbonyl (C=O) groups excluding carboxylic acids is 1. The lowest BCUT2D eigenvalue weighted by Gasteiger charge is -2.31. The zero-order valence-electron chi connectivity index (χ0n) is 12.0. The lowest BCUT2D eigenvalue weighted by molar-refractivity contribution is 0.0584. The Kier molecular flexibility index (Phi) is 3.85. The number of aryl methyl sites for hydroxylation is 1. The van der Waals surface area contributed by atoms with Gasteiger partial charge in [0.05, 0.1) is 0 Å². The third-order valence-electron chi connectivity index (χ3n) is 3.56. The fourth-order valence-electron chi connectivity index (χ4n) is 2.45. The number of nitrogens with zero attached hydrogens (tertiary/aromatic N) is 3. The van der Waals surface area contributed by atoms with Gasteiger partial charge in [-0.05, 0) is 19.1 Å². The summed E-state index contributed by atoms with van der Waals surface area (Å²) in [7, 11) is 0. The van der Waals surface area contributed by atoms with Crippen LogP contribution >= 0.6 is 0 Å². The van der Waals surface area contributed by atoms with Crippen molar-refractivity contribution in [2.75, 3.05) is 13.1 Å². The molecule has 0 aliphatic carbocycles. The number of rotatable bonds is 3. The van der Waals surface area contributed by atoms with E-state index in [1.54, 1.807) is 11.8 Å². The molecule has 110 valence electrons. The van der Waals surface area contributed by atoms with Gasteiger partial charge in [0, 0.05) is 25.9 Å². The molecule has 1 aromatic heterocycles. The molecular weight excluding hydrogens is 268 g/mol. The third-order valence-corrected chi connectivity index (χ3v) is 3.56. The standard InChI is InChI=1S/C15H18N4O2/c1-11-16-14(18-17-11)15(20)19-9-7-13(8-10-19)21-12-5-3-2-4-6-12/h2-6,13H,7-10H2,1H3,(H,16,17,18). The molecule has 1 aliphatic rings. The highest BCUT2D eigenvalue weighted by Gasteiger charge is 2.26. The number of hydrogen-bond acceptors (Lipinski definition) is 4. The molecule has 0 bridgehead atoms. The van der Waals surface area contributed by atoms with Crippen molar-refractivity contribution in [3.63, 3.8) is 0 Å². The van der Waals surface area contributed by atoms with Gasteiger partial charge in [-0.1, -0.05) is 18.2 Å². The fourth-order valence-corrected chi connectivity index (χ4v) is 2.45. The van der Waals surface area contributed by atoms with Crippen molar-refractivity contribution in [3.8, 4) is 5.75 Å². The van der Waals surface area contributed by atoms with Gasteiger partial charge in [0.1, 0.15) is 17.7 Å². The van der Waals surface area contributed by atoms with Crippen LogP contribution in [0.2, 0.25) is 0 Å². The maximum atomic E-state index is 12.2. The van der Waals surface area contributed by atoms with Gasteiger partial charge in [0.25, 0.3) is 5.91 Å². The average Bonchev–Trinajstić information content (AvgIpc) is 2.95. The van der Waals surface area contributed by atoms with Crippen molar-refractivity contribution in [1.29, 1.82) is 0 Å². The number of benzene rings is 1. The van der Waals surface area contributed by atoms with Crippen LogP contribution in [-0.4, -0.2) is 45.2 Å². The third kappa shape index (κ3) is 3.21. The van der Waals surface area contributed by atoms with E-state index in [9.17, 15) is 4.79 Å². The summed E-state index contributed by atoms with van der Waals surface area (Å²) in [4.78, 5) is 18.1. The van der Waals surface area contributed by atoms with E-state index in [-0.39, 0.29) is 17.8 Å². The molecule has 6 heteroatoms. The van der Waals surface area contributed by atoms with E-state index in [0.29, 0.717) is 18.9 Å². The monoisotopic (exact) mass is 286 g/mol. The summed E-state index contributed by atoms with van der Waals surface area (Å²) in [5, 5.41) is 6.62. The highest BCUT2D eigenvalue weighted by Crippen LogP contribution is 2.19. The first kappa shape index (κ1) is 13.6. The first-order valence-corrected chi connectivity index (χ1v) is 7.12. The Labute approximate surface area is 123 Å². The Morgan fingerprint density at radius 1 is 1.29 bits per heavy atom. The maximum Gasteiger partial charge on any atom is 0.293 e. The SMILES string of the molecule is Cc1nc(C(=O)N2CCC(Oc3ccccc3)CC2)n[nH]1. The molecule has 1 N–H and O–H groups in total. The first-order valence-electron chi connectivity index (χ1n) is 7.12. The summed E-state index contributed by atoms with van der Waals surface area (Å²) in [6.45, 7) is 3.12. The number of carbonyl (C=O) groups is 1. The molecule has 1 aromatic carbocycles. The van der Waals surface area contributed by atoms with E-state index in [1.807, 2.05) is 30.3 Å². The lowest BCUT2D eigenvalue weighted by atomic mass is 10.1. The number of aromatic nitrogens is 3. The normalized spacial score (nSPS) is 16.0. The van der Waals surface area contributed by atoms with E-state index in [4.69, 9.17) is 4.74 Å². The Morgan fingerprint density at radius 2 is 2.00 bits per heavy atom. The number of aromatic amines is 1. The minimum atomic E-state index is -0.113. The second-order valence-corrected chi connectivity index (χ2v) is 5.17. The average molecular weight is 286 g/mol. The predicted molar refractivity (Wildman–Crippen MR) is 77.1 cm³/mol. The van der Waals surface area contributed by atoms with Gasteiger partial charge >= 0.3 is 0 Å². The van der Waals surface area contributed by atoms with Gasteiger partial charge in [-0.2, -0.15) is 0 Å². The molecule has 2 aromatic rings. The maximum absolute atomic E-state index is 12.2. The molecule has 0 spiro atoms. The van der Waals surface area contributed by atoms with Crippen LogP contribution in [0.5, 0.6) is 5.75 Å². The van der Waals surface area contributed by atoms with E-state index >= 15 is 0 Å². The molecule has 1 aliphatic heterocycles. The van der Waals surface area contributed by atoms with Gasteiger partial charge in [0.2, 0.25) is 5.82 Å². The van der Waals surface area contributed by atoms with Crippen molar-refractivity contribution in [1.82, 2.24) is 20.1 Å². The number of ether oxygens (including phenoxy) is 1. The van der Waals surface area contributed by atoms with Crippen LogP contribution in [0, 0.1) is 6.92 Å². The highest BCUT2D eigenvalue weighted by molar-refractivity contribution is 5.90. The van der Waals surface area contributed by atoms with E-state index in [1.165, 1.54) is 0 Å². The minimum Gasteiger partial charge on any atom is -0.490 e. The Hall–Kier alpha value is -2.37. The Bertz CT molecular complexity index is 603. The Balaban J connectivity index is 1.54. The number of hydrogen-bond donors (Lipinski definition) is 1. The summed E-state index contributed by atoms with van der Waals surface area (Å²) >= 11 is 0. The zero-order valence-corrected chi connectivity index (χ0v) is 12.0. The van der Waals surface area contributed by atoms with Crippen molar-refractivity contribution in [2.45, 2.75) is 25.9 Å². The highest BCUT2D eigenvalue weighted by atomic mass is 16.5. The van der Waals surface area contributed by atoms with Gasteiger partial charge in [-0.25, -0.2) is 4.98 Å². The van der Waals surface area contributed by atoms with Gasteiger partial charge in [0.15, 0.2) is 0 Å². The second kappa shape index (κ2) is 5.95. The predicted octanol–water partition coefficient (Wildman–Crippen LogP) is 1.80. The number of nitrogens with one attached hydrogen (secondary N) is 1. The molecule has 2 heterocycles. The molecule has 21 heavy (non-hydrogen) atoms. The molecule has 0 saturated carbocycles. The summed E-state index contributed by atoms with van der Waals surface area (Å²) in [6.07, 6.45) is 1.80. The van der Waals surface area contributed by atoms with Gasteiger partial charge in [-0.3, -0.25) is 9.89 Å². The number of likely N-dealkylation sites (tertiary alicyclic amines) is 1. The Morgan fingerprint density at radius 3 is 2.62 bits per heavy atom. The van der Waals surface area contributed by atoms with Crippen LogP contribution in [-0.2, 0) is 0 Å². The lowest BCUT2D eigenvalue weighted by Crippen LogP contribution is -2.42. The van der Waals surface area contributed by atoms with Crippen LogP contribution in [0.1, 0.15) is 29.3 Å². The number of piperidine rings is 1. The number of H-pyrrole nitrogens is 1. The van der Waals surface area contributed by atoms with Crippen molar-refractivity contribution < 1.29 is 9.53 Å². The molecule has 1 amide bonds. The summed E-state index contributed by atoms with van der Waals surface area (Å²) in [6, 6.07) is 9.79. The molecule has 0 radical (unpaired) electrons. The summed E-state index contributed by atoms with van der Waals surface area (Å²) in [5.74, 6) is 1.67. The quantitative estimate of drug-likeness (QED) is 0.934. The summed E-state index contributed by atoms with van der Waals surface area (Å²) in [5.41, 5.74) is 0. The largest absolute Gasteiger partial charge is 0.490 e. The van der Waals surface area contributed by atoms with Crippen LogP contribution in [0.4, 0.5) is 0 Å². The molecule has 0 unspecified atom stereocenters. The van der Waals surface area contributed by atoms with Crippen molar-refractivity contribution in [2.24, 2.45) is 0 Å². The molecule has 0 atom stereocenters. The van der Waals surface area contributed by atoms with Gasteiger partial charge in [-0.15, -0.1) is 5.10 Å². The van der Waals surface area contributed by atoms with Crippen LogP contribution in [0.15, 0.2) is 30.3 Å². The summed E-state index contributed by atoms with van der Waals surface area (Å²) < 4.78 is 5.92. The molecule has 3 rings (SSSR count). The molecule has 1 fully saturated rings. The topological polar surface area (TPSA) is 71.1 Å².